The summed E-state index contributed by atoms with van der Waals surface area (Å²) in [7, 11) is -3.25. The Hall–Kier alpha value is -0.420. The fourth-order valence-electron chi connectivity index (χ4n) is 0.712. The second-order valence-electron chi connectivity index (χ2n) is 2.46. The Labute approximate surface area is 67.0 Å². The highest BCUT2D eigenvalue weighted by Gasteiger charge is 2.15. The van der Waals surface area contributed by atoms with Crippen molar-refractivity contribution >= 4 is 15.8 Å². The third-order valence-corrected chi connectivity index (χ3v) is 1.97. The number of nitrogens with one attached hydrogen (secondary N) is 1. The Morgan fingerprint density at radius 1 is 1.55 bits per heavy atom. The van der Waals surface area contributed by atoms with Crippen molar-refractivity contribution < 1.29 is 13.2 Å². The molecule has 0 aliphatic carbocycles. The number of hydrogen-bond donors (Lipinski definition) is 1. The summed E-state index contributed by atoms with van der Waals surface area (Å²) in [5, 5.41) is 0. The van der Waals surface area contributed by atoms with Crippen LogP contribution in [0, 0.1) is 0 Å². The summed E-state index contributed by atoms with van der Waals surface area (Å²) in [4.78, 5) is 10.7. The lowest BCUT2D eigenvalue weighted by molar-refractivity contribution is -0.118. The van der Waals surface area contributed by atoms with Crippen LogP contribution in [0.25, 0.3) is 0 Å². The van der Waals surface area contributed by atoms with Crippen molar-refractivity contribution in [3.8, 4) is 0 Å². The highest BCUT2D eigenvalue weighted by molar-refractivity contribution is 7.88. The molecule has 0 aliphatic rings. The van der Waals surface area contributed by atoms with E-state index >= 15 is 0 Å². The summed E-state index contributed by atoms with van der Waals surface area (Å²) in [6.45, 7) is 3.12. The third-order valence-electron chi connectivity index (χ3n) is 1.26. The molecule has 0 rings (SSSR count). The third kappa shape index (κ3) is 4.92. The van der Waals surface area contributed by atoms with Crippen LogP contribution in [0.15, 0.2) is 0 Å². The number of carbonyl (C=O) groups is 1. The van der Waals surface area contributed by atoms with Crippen LogP contribution in [-0.4, -0.2) is 26.5 Å². The Kier molecular flexibility index (Phi) is 3.68. The van der Waals surface area contributed by atoms with E-state index in [0.717, 1.165) is 6.26 Å². The molecule has 0 fully saturated rings. The lowest BCUT2D eigenvalue weighted by atomic mass is 10.2. The minimum Gasteiger partial charge on any atom is -0.298 e. The van der Waals surface area contributed by atoms with E-state index in [9.17, 15) is 13.2 Å². The molecule has 0 aromatic rings. The van der Waals surface area contributed by atoms with Gasteiger partial charge in [-0.3, -0.25) is 4.79 Å². The molecule has 0 aromatic heterocycles. The molecule has 1 atom stereocenters. The number of ketones is 1. The molecule has 0 saturated carbocycles. The number of rotatable bonds is 4. The van der Waals surface area contributed by atoms with Gasteiger partial charge >= 0.3 is 0 Å². The van der Waals surface area contributed by atoms with Crippen LogP contribution in [0.2, 0.25) is 0 Å². The van der Waals surface area contributed by atoms with Gasteiger partial charge in [-0.25, -0.2) is 13.1 Å². The SMILES string of the molecule is CCC(NS(C)(=O)=O)C(C)=O. The van der Waals surface area contributed by atoms with Crippen molar-refractivity contribution in [2.24, 2.45) is 0 Å². The van der Waals surface area contributed by atoms with Crippen LogP contribution in [0.3, 0.4) is 0 Å². The molecule has 0 amide bonds. The quantitative estimate of drug-likeness (QED) is 0.655. The summed E-state index contributed by atoms with van der Waals surface area (Å²) in [6, 6.07) is -0.565. The van der Waals surface area contributed by atoms with E-state index < -0.39 is 16.1 Å². The topological polar surface area (TPSA) is 63.2 Å². The standard InChI is InChI=1S/C6H13NO3S/c1-4-6(5(2)8)7-11(3,9)10/h6-7H,4H2,1-3H3. The van der Waals surface area contributed by atoms with Crippen LogP contribution in [0.4, 0.5) is 0 Å². The van der Waals surface area contributed by atoms with Gasteiger partial charge in [0.15, 0.2) is 0 Å². The molecular weight excluding hydrogens is 166 g/mol. The molecule has 0 aromatic carbocycles. The summed E-state index contributed by atoms with van der Waals surface area (Å²) in [6.07, 6.45) is 1.53. The molecule has 0 spiro atoms. The first-order valence-electron chi connectivity index (χ1n) is 3.34. The molecule has 0 bridgehead atoms. The van der Waals surface area contributed by atoms with Gasteiger partial charge in [-0.05, 0) is 13.3 Å². The summed E-state index contributed by atoms with van der Waals surface area (Å²) < 4.78 is 23.5. The predicted octanol–water partition coefficient (Wildman–Crippen LogP) is -0.0968. The molecule has 1 N–H and O–H groups in total. The number of carbonyl (C=O) groups excluding carboxylic acids is 1. The van der Waals surface area contributed by atoms with Gasteiger partial charge < -0.3 is 0 Å². The van der Waals surface area contributed by atoms with Gasteiger partial charge in [-0.2, -0.15) is 0 Å². The van der Waals surface area contributed by atoms with Gasteiger partial charge in [-0.15, -0.1) is 0 Å². The van der Waals surface area contributed by atoms with Gasteiger partial charge in [0.25, 0.3) is 0 Å². The predicted molar refractivity (Wildman–Crippen MR) is 42.7 cm³/mol. The van der Waals surface area contributed by atoms with Crippen molar-refractivity contribution in [1.29, 1.82) is 0 Å². The Morgan fingerprint density at radius 3 is 2.09 bits per heavy atom. The average Bonchev–Trinajstić information content (AvgIpc) is 1.80. The first-order valence-corrected chi connectivity index (χ1v) is 5.23. The number of sulfonamides is 1. The summed E-state index contributed by atoms with van der Waals surface area (Å²) in [5.74, 6) is -0.155. The molecule has 66 valence electrons. The lowest BCUT2D eigenvalue weighted by Crippen LogP contribution is -2.38. The van der Waals surface area contributed by atoms with Gasteiger partial charge in [-0.1, -0.05) is 6.92 Å². The van der Waals surface area contributed by atoms with Crippen LogP contribution >= 0.6 is 0 Å². The van der Waals surface area contributed by atoms with E-state index in [0.29, 0.717) is 6.42 Å². The molecule has 0 radical (unpaired) electrons. The summed E-state index contributed by atoms with van der Waals surface area (Å²) in [5.41, 5.74) is 0. The van der Waals surface area contributed by atoms with Gasteiger partial charge in [0.05, 0.1) is 12.3 Å². The molecule has 0 saturated heterocycles. The van der Waals surface area contributed by atoms with Crippen molar-refractivity contribution in [2.75, 3.05) is 6.26 Å². The fourth-order valence-corrected chi connectivity index (χ4v) is 1.56. The highest BCUT2D eigenvalue weighted by atomic mass is 32.2. The Morgan fingerprint density at radius 2 is 2.00 bits per heavy atom. The minimum absolute atomic E-state index is 0.155. The smallest absolute Gasteiger partial charge is 0.209 e. The molecular formula is C6H13NO3S. The van der Waals surface area contributed by atoms with Crippen molar-refractivity contribution in [3.63, 3.8) is 0 Å². The zero-order valence-corrected chi connectivity index (χ0v) is 7.73. The van der Waals surface area contributed by atoms with Crippen LogP contribution < -0.4 is 4.72 Å². The maximum absolute atomic E-state index is 10.7. The minimum atomic E-state index is -3.25. The Balaban J connectivity index is 4.22. The molecule has 11 heavy (non-hydrogen) atoms. The van der Waals surface area contributed by atoms with Crippen LogP contribution in [0.5, 0.6) is 0 Å². The van der Waals surface area contributed by atoms with E-state index in [1.807, 2.05) is 0 Å². The van der Waals surface area contributed by atoms with E-state index in [1.54, 1.807) is 6.92 Å². The largest absolute Gasteiger partial charge is 0.298 e. The lowest BCUT2D eigenvalue weighted by Gasteiger charge is -2.10. The zero-order valence-electron chi connectivity index (χ0n) is 6.92. The zero-order chi connectivity index (χ0) is 9.07. The molecule has 1 unspecified atom stereocenters. The molecule has 4 nitrogen and oxygen atoms in total. The maximum atomic E-state index is 10.7. The Bertz CT molecular complexity index is 232. The highest BCUT2D eigenvalue weighted by Crippen LogP contribution is 1.93. The van der Waals surface area contributed by atoms with E-state index in [-0.39, 0.29) is 5.78 Å². The molecule has 5 heteroatoms. The van der Waals surface area contributed by atoms with Gasteiger partial charge in [0.2, 0.25) is 10.0 Å². The second kappa shape index (κ2) is 3.82. The molecule has 0 heterocycles. The second-order valence-corrected chi connectivity index (χ2v) is 4.24. The maximum Gasteiger partial charge on any atom is 0.209 e. The first kappa shape index (κ1) is 10.6. The van der Waals surface area contributed by atoms with Gasteiger partial charge in [0, 0.05) is 0 Å². The monoisotopic (exact) mass is 179 g/mol. The number of Topliss-reactive ketones (excluding diaryl/α,β-unsaturated/α-hetero) is 1. The molecule has 0 aliphatic heterocycles. The normalized spacial score (nSPS) is 14.5. The van der Waals surface area contributed by atoms with Crippen LogP contribution in [0.1, 0.15) is 20.3 Å². The first-order chi connectivity index (χ1) is 4.87. The van der Waals surface area contributed by atoms with Crippen molar-refractivity contribution in [3.05, 3.63) is 0 Å². The fraction of sp³-hybridized carbons (Fsp3) is 0.833. The summed E-state index contributed by atoms with van der Waals surface area (Å²) >= 11 is 0. The van der Waals surface area contributed by atoms with Gasteiger partial charge in [0.1, 0.15) is 5.78 Å². The number of hydrogen-bond acceptors (Lipinski definition) is 3. The van der Waals surface area contributed by atoms with Crippen molar-refractivity contribution in [2.45, 2.75) is 26.3 Å². The average molecular weight is 179 g/mol. The van der Waals surface area contributed by atoms with E-state index in [2.05, 4.69) is 4.72 Å². The van der Waals surface area contributed by atoms with Crippen molar-refractivity contribution in [1.82, 2.24) is 4.72 Å². The van der Waals surface area contributed by atoms with E-state index in [1.165, 1.54) is 6.92 Å². The van der Waals surface area contributed by atoms with Crippen LogP contribution in [-0.2, 0) is 14.8 Å². The van der Waals surface area contributed by atoms with E-state index in [4.69, 9.17) is 0 Å².